The summed E-state index contributed by atoms with van der Waals surface area (Å²) in [5, 5.41) is 15.6. The largest absolute Gasteiger partial charge is 0.369 e. The van der Waals surface area contributed by atoms with Gasteiger partial charge in [0.15, 0.2) is 0 Å². The number of primary amides is 1. The van der Waals surface area contributed by atoms with Crippen molar-refractivity contribution in [1.29, 1.82) is 5.26 Å². The number of rotatable bonds is 8. The van der Waals surface area contributed by atoms with Gasteiger partial charge in [-0.3, -0.25) is 14.6 Å². The number of nitrogens with one attached hydrogen (secondary N) is 2. The minimum atomic E-state index is -0.386. The molecule has 1 fully saturated rings. The zero-order valence-electron chi connectivity index (χ0n) is 22.0. The van der Waals surface area contributed by atoms with Gasteiger partial charge in [-0.05, 0) is 60.1 Å². The molecule has 1 atom stereocenters. The van der Waals surface area contributed by atoms with Gasteiger partial charge in [0.05, 0.1) is 36.8 Å². The minimum absolute atomic E-state index is 0.0417. The molecule has 2 aromatic carbocycles. The van der Waals surface area contributed by atoms with E-state index in [-0.39, 0.29) is 24.2 Å². The Balaban J connectivity index is 1.54. The van der Waals surface area contributed by atoms with Crippen molar-refractivity contribution >= 4 is 29.0 Å². The summed E-state index contributed by atoms with van der Waals surface area (Å²) < 4.78 is 0. The molecule has 0 saturated heterocycles. The summed E-state index contributed by atoms with van der Waals surface area (Å²) in [6.45, 7) is 2.54. The standard InChI is InChI=1S/C31H32N6O2/c1-20-6-13-27-30(34-15-3-14-32)36-26(24-5-2-4-21(17-24)18-29(33)38)19-37(27)28(16-20)22-7-9-23(10-8-22)31(39)35-25-11-12-25/h2,4-5,7-10,13,16-17,19-20,25H,3,6,11-12,15,18H2,1H3,(H2,33,38)(H,34,36)(H,35,39). The van der Waals surface area contributed by atoms with E-state index in [1.807, 2.05) is 54.7 Å². The number of amidine groups is 1. The Kier molecular flexibility index (Phi) is 7.60. The Morgan fingerprint density at radius 3 is 2.67 bits per heavy atom. The maximum atomic E-state index is 12.5. The van der Waals surface area contributed by atoms with Gasteiger partial charge in [-0.25, -0.2) is 0 Å². The van der Waals surface area contributed by atoms with Crippen molar-refractivity contribution in [3.8, 4) is 6.07 Å². The number of nitrogens with two attached hydrogens (primary N) is 1. The average molecular weight is 521 g/mol. The Labute approximate surface area is 228 Å². The second-order valence-electron chi connectivity index (χ2n) is 10.2. The zero-order valence-corrected chi connectivity index (χ0v) is 22.0. The smallest absolute Gasteiger partial charge is 0.251 e. The number of amides is 2. The van der Waals surface area contributed by atoms with Crippen LogP contribution in [0.5, 0.6) is 0 Å². The molecule has 39 heavy (non-hydrogen) atoms. The maximum Gasteiger partial charge on any atom is 0.251 e. The Morgan fingerprint density at radius 1 is 1.15 bits per heavy atom. The third-order valence-electron chi connectivity index (χ3n) is 6.86. The van der Waals surface area contributed by atoms with E-state index in [1.165, 1.54) is 0 Å². The fraction of sp³-hybridized carbons (Fsp3) is 0.290. The molecule has 0 radical (unpaired) electrons. The van der Waals surface area contributed by atoms with Gasteiger partial charge in [-0.2, -0.15) is 5.26 Å². The van der Waals surface area contributed by atoms with Crippen LogP contribution < -0.4 is 16.4 Å². The van der Waals surface area contributed by atoms with Crippen LogP contribution in [0.15, 0.2) is 77.6 Å². The lowest BCUT2D eigenvalue weighted by Crippen LogP contribution is -2.37. The highest BCUT2D eigenvalue weighted by Crippen LogP contribution is 2.35. The predicted molar refractivity (Wildman–Crippen MR) is 152 cm³/mol. The van der Waals surface area contributed by atoms with Crippen LogP contribution in [-0.4, -0.2) is 35.1 Å². The van der Waals surface area contributed by atoms with Crippen LogP contribution >= 0.6 is 0 Å². The molecule has 1 unspecified atom stereocenters. The van der Waals surface area contributed by atoms with Crippen molar-refractivity contribution in [2.24, 2.45) is 16.6 Å². The van der Waals surface area contributed by atoms with E-state index < -0.39 is 0 Å². The Hall–Kier alpha value is -4.64. The van der Waals surface area contributed by atoms with Crippen LogP contribution in [0, 0.1) is 17.2 Å². The molecule has 2 heterocycles. The lowest BCUT2D eigenvalue weighted by molar-refractivity contribution is -0.117. The molecule has 5 rings (SSSR count). The van der Waals surface area contributed by atoms with Gasteiger partial charge in [0.2, 0.25) is 5.91 Å². The summed E-state index contributed by atoms with van der Waals surface area (Å²) in [6, 6.07) is 17.9. The predicted octanol–water partition coefficient (Wildman–Crippen LogP) is 4.09. The van der Waals surface area contributed by atoms with E-state index >= 15 is 0 Å². The second kappa shape index (κ2) is 11.4. The van der Waals surface area contributed by atoms with Crippen molar-refractivity contribution in [2.75, 3.05) is 6.54 Å². The lowest BCUT2D eigenvalue weighted by atomic mass is 10.0. The number of hydrogen-bond donors (Lipinski definition) is 3. The molecule has 3 aliphatic rings. The summed E-state index contributed by atoms with van der Waals surface area (Å²) >= 11 is 0. The van der Waals surface area contributed by atoms with Gasteiger partial charge in [0.25, 0.3) is 5.91 Å². The lowest BCUT2D eigenvalue weighted by Gasteiger charge is -2.33. The van der Waals surface area contributed by atoms with E-state index in [2.05, 4.69) is 40.7 Å². The topological polar surface area (TPSA) is 124 Å². The molecule has 8 nitrogen and oxygen atoms in total. The third kappa shape index (κ3) is 6.27. The first-order valence-corrected chi connectivity index (χ1v) is 13.3. The van der Waals surface area contributed by atoms with Gasteiger partial charge in [-0.1, -0.05) is 49.4 Å². The highest BCUT2D eigenvalue weighted by atomic mass is 16.2. The number of carbonyl (C=O) groups excluding carboxylic acids is 2. The van der Waals surface area contributed by atoms with Gasteiger partial charge in [0, 0.05) is 23.5 Å². The van der Waals surface area contributed by atoms with Crippen molar-refractivity contribution in [3.63, 3.8) is 0 Å². The molecule has 0 bridgehead atoms. The number of benzene rings is 2. The van der Waals surface area contributed by atoms with Crippen LogP contribution in [0.3, 0.4) is 0 Å². The highest BCUT2D eigenvalue weighted by Gasteiger charge is 2.28. The molecule has 198 valence electrons. The maximum absolute atomic E-state index is 12.5. The number of allylic oxidation sites excluding steroid dienone is 2. The van der Waals surface area contributed by atoms with E-state index in [4.69, 9.17) is 16.0 Å². The SMILES string of the molecule is CC1C=C(c2ccc(C(=O)NC3CC3)cc2)N2C=C(c3cccc(CC(N)=O)c3)NC(=NCCC#N)C2=CC1. The van der Waals surface area contributed by atoms with Crippen LogP contribution in [0.4, 0.5) is 0 Å². The molecule has 2 aliphatic heterocycles. The van der Waals surface area contributed by atoms with Gasteiger partial charge in [0.1, 0.15) is 5.84 Å². The molecule has 1 aliphatic carbocycles. The van der Waals surface area contributed by atoms with Gasteiger partial charge >= 0.3 is 0 Å². The molecule has 0 aromatic heterocycles. The van der Waals surface area contributed by atoms with Gasteiger partial charge in [-0.15, -0.1) is 0 Å². The summed E-state index contributed by atoms with van der Waals surface area (Å²) in [7, 11) is 0. The quantitative estimate of drug-likeness (QED) is 0.453. The van der Waals surface area contributed by atoms with E-state index in [0.29, 0.717) is 30.4 Å². The number of fused-ring (bicyclic) bond motifs is 1. The Morgan fingerprint density at radius 2 is 1.95 bits per heavy atom. The first-order chi connectivity index (χ1) is 18.9. The van der Waals surface area contributed by atoms with Crippen LogP contribution in [0.1, 0.15) is 59.7 Å². The fourth-order valence-corrected chi connectivity index (χ4v) is 4.71. The van der Waals surface area contributed by atoms with Crippen molar-refractivity contribution in [2.45, 2.75) is 45.1 Å². The van der Waals surface area contributed by atoms with Crippen molar-refractivity contribution in [3.05, 3.63) is 94.8 Å². The number of nitriles is 1. The van der Waals surface area contributed by atoms with E-state index in [1.54, 1.807) is 0 Å². The second-order valence-corrected chi connectivity index (χ2v) is 10.2. The minimum Gasteiger partial charge on any atom is -0.369 e. The summed E-state index contributed by atoms with van der Waals surface area (Å²) in [5.74, 6) is 0.526. The molecular formula is C31H32N6O2. The molecule has 0 spiro atoms. The Bertz CT molecular complexity index is 1440. The van der Waals surface area contributed by atoms with E-state index in [0.717, 1.165) is 53.0 Å². The monoisotopic (exact) mass is 520 g/mol. The third-order valence-corrected chi connectivity index (χ3v) is 6.86. The summed E-state index contributed by atoms with van der Waals surface area (Å²) in [6.07, 6.45) is 9.83. The van der Waals surface area contributed by atoms with Crippen LogP contribution in [-0.2, 0) is 11.2 Å². The number of nitrogens with zero attached hydrogens (tertiary/aromatic N) is 3. The molecule has 4 N–H and O–H groups in total. The highest BCUT2D eigenvalue weighted by molar-refractivity contribution is 6.06. The summed E-state index contributed by atoms with van der Waals surface area (Å²) in [4.78, 5) is 31.0. The first kappa shape index (κ1) is 26.0. The molecule has 2 aromatic rings. The molecule has 8 heteroatoms. The first-order valence-electron chi connectivity index (χ1n) is 13.3. The number of aliphatic imine (C=N–C) groups is 1. The molecule has 2 amide bonds. The van der Waals surface area contributed by atoms with Gasteiger partial charge < -0.3 is 21.3 Å². The fourth-order valence-electron chi connectivity index (χ4n) is 4.71. The zero-order chi connectivity index (χ0) is 27.4. The molecule has 1 saturated carbocycles. The number of carbonyl (C=O) groups is 2. The van der Waals surface area contributed by atoms with Crippen molar-refractivity contribution in [1.82, 2.24) is 15.5 Å². The number of hydrogen-bond acceptors (Lipinski definition) is 5. The van der Waals surface area contributed by atoms with Crippen LogP contribution in [0.25, 0.3) is 11.4 Å². The normalized spacial score (nSPS) is 19.5. The average Bonchev–Trinajstić information content (AvgIpc) is 3.76. The van der Waals surface area contributed by atoms with Crippen molar-refractivity contribution < 1.29 is 9.59 Å². The van der Waals surface area contributed by atoms with E-state index in [9.17, 15) is 9.59 Å². The molecular weight excluding hydrogens is 488 g/mol. The summed E-state index contributed by atoms with van der Waals surface area (Å²) in [5.41, 5.74) is 11.5. The van der Waals surface area contributed by atoms with Crippen LogP contribution in [0.2, 0.25) is 0 Å².